The molecule has 0 aliphatic carbocycles. The molecule has 0 aliphatic rings. The summed E-state index contributed by atoms with van der Waals surface area (Å²) in [7, 11) is -3.44. The summed E-state index contributed by atoms with van der Waals surface area (Å²) in [5.41, 5.74) is 0.983. The Morgan fingerprint density at radius 2 is 1.89 bits per heavy atom. The van der Waals surface area contributed by atoms with Crippen LogP contribution in [0.25, 0.3) is 0 Å². The Balaban J connectivity index is 2.19. The second-order valence-corrected chi connectivity index (χ2v) is 6.87. The molecule has 7 heteroatoms. The topological polar surface area (TPSA) is 69.2 Å². The number of hydrogen-bond donors (Lipinski definition) is 0. The average Bonchev–Trinajstić information content (AvgIpc) is 2.36. The lowest BCUT2D eigenvalue weighted by atomic mass is 10.2. The molecule has 0 atom stereocenters. The summed E-state index contributed by atoms with van der Waals surface area (Å²) >= 11 is 1.93. The Kier molecular flexibility index (Phi) is 4.35. The molecule has 0 unspecified atom stereocenters. The van der Waals surface area contributed by atoms with Gasteiger partial charge in [-0.15, -0.1) is 0 Å². The third-order valence-corrected chi connectivity index (χ3v) is 3.61. The molecule has 1 aromatic heterocycles. The van der Waals surface area contributed by atoms with Crippen molar-refractivity contribution in [1.29, 1.82) is 0 Å². The van der Waals surface area contributed by atoms with Crippen molar-refractivity contribution in [1.82, 2.24) is 9.97 Å². The number of aromatic nitrogens is 2. The van der Waals surface area contributed by atoms with Gasteiger partial charge in [0.15, 0.2) is 0 Å². The van der Waals surface area contributed by atoms with Gasteiger partial charge >= 0.3 is 0 Å². The van der Waals surface area contributed by atoms with Gasteiger partial charge in [0.05, 0.1) is 0 Å². The summed E-state index contributed by atoms with van der Waals surface area (Å²) in [6.45, 7) is 0.330. The van der Waals surface area contributed by atoms with Crippen molar-refractivity contribution < 1.29 is 13.2 Å². The fraction of sp³-hybridized carbons (Fsp3) is 0.167. The van der Waals surface area contributed by atoms with E-state index in [1.165, 1.54) is 0 Å². The number of ether oxygens (including phenoxy) is 1. The Morgan fingerprint density at radius 1 is 1.21 bits per heavy atom. The Labute approximate surface area is 125 Å². The molecule has 2 aromatic rings. The first-order chi connectivity index (χ1) is 8.95. The van der Waals surface area contributed by atoms with Crippen LogP contribution in [0, 0.1) is 3.70 Å². The van der Waals surface area contributed by atoms with E-state index in [-0.39, 0.29) is 11.0 Å². The van der Waals surface area contributed by atoms with Crippen LogP contribution in [-0.4, -0.2) is 24.6 Å². The van der Waals surface area contributed by atoms with Gasteiger partial charge < -0.3 is 4.74 Å². The standard InChI is InChI=1S/C12H11IN2O3S/c1-19(16,17)12-14-10(13)7-11(15-12)18-8-9-5-3-2-4-6-9/h2-7H,8H2,1H3. The minimum atomic E-state index is -3.44. The number of sulfone groups is 1. The number of hydrogen-bond acceptors (Lipinski definition) is 5. The zero-order chi connectivity index (χ0) is 13.9. The van der Waals surface area contributed by atoms with E-state index in [1.807, 2.05) is 52.9 Å². The van der Waals surface area contributed by atoms with E-state index >= 15 is 0 Å². The third-order valence-electron chi connectivity index (χ3n) is 2.21. The van der Waals surface area contributed by atoms with Gasteiger partial charge in [-0.2, -0.15) is 4.98 Å². The van der Waals surface area contributed by atoms with Crippen LogP contribution in [0.4, 0.5) is 0 Å². The maximum absolute atomic E-state index is 11.4. The predicted octanol–water partition coefficient (Wildman–Crippen LogP) is 2.06. The van der Waals surface area contributed by atoms with Crippen LogP contribution < -0.4 is 4.74 Å². The van der Waals surface area contributed by atoms with Gasteiger partial charge in [-0.05, 0) is 28.2 Å². The summed E-state index contributed by atoms with van der Waals surface area (Å²) in [6, 6.07) is 11.2. The second kappa shape index (κ2) is 5.83. The molecule has 0 radical (unpaired) electrons. The highest BCUT2D eigenvalue weighted by molar-refractivity contribution is 14.1. The van der Waals surface area contributed by atoms with Crippen molar-refractivity contribution in [3.63, 3.8) is 0 Å². The van der Waals surface area contributed by atoms with Crippen LogP contribution in [-0.2, 0) is 16.4 Å². The highest BCUT2D eigenvalue weighted by Crippen LogP contribution is 2.15. The van der Waals surface area contributed by atoms with Crippen molar-refractivity contribution >= 4 is 32.4 Å². The fourth-order valence-electron chi connectivity index (χ4n) is 1.35. The molecule has 0 aliphatic heterocycles. The first kappa shape index (κ1) is 14.2. The molecule has 2 rings (SSSR count). The number of nitrogens with zero attached hydrogens (tertiary/aromatic N) is 2. The van der Waals surface area contributed by atoms with Crippen molar-refractivity contribution in [3.8, 4) is 5.88 Å². The molecular formula is C12H11IN2O3S. The van der Waals surface area contributed by atoms with Crippen molar-refractivity contribution in [2.24, 2.45) is 0 Å². The third kappa shape index (κ3) is 4.13. The molecule has 1 aromatic carbocycles. The summed E-state index contributed by atoms with van der Waals surface area (Å²) < 4.78 is 28.9. The lowest BCUT2D eigenvalue weighted by Crippen LogP contribution is -2.07. The summed E-state index contributed by atoms with van der Waals surface area (Å²) in [5, 5.41) is -0.220. The maximum Gasteiger partial charge on any atom is 0.251 e. The van der Waals surface area contributed by atoms with Crippen molar-refractivity contribution in [3.05, 3.63) is 45.7 Å². The molecule has 1 heterocycles. The minimum Gasteiger partial charge on any atom is -0.473 e. The van der Waals surface area contributed by atoms with Crippen molar-refractivity contribution in [2.45, 2.75) is 11.8 Å². The SMILES string of the molecule is CS(=O)(=O)c1nc(I)cc(OCc2ccccc2)n1. The summed E-state index contributed by atoms with van der Waals surface area (Å²) in [5.74, 6) is 0.253. The van der Waals surface area contributed by atoms with Crippen LogP contribution in [0.1, 0.15) is 5.56 Å². The van der Waals surface area contributed by atoms with E-state index in [2.05, 4.69) is 9.97 Å². The van der Waals surface area contributed by atoms with Gasteiger partial charge in [0.2, 0.25) is 15.7 Å². The number of halogens is 1. The van der Waals surface area contributed by atoms with E-state index in [4.69, 9.17) is 4.74 Å². The van der Waals surface area contributed by atoms with Gasteiger partial charge in [-0.25, -0.2) is 13.4 Å². The van der Waals surface area contributed by atoms with Crippen molar-refractivity contribution in [2.75, 3.05) is 6.26 Å². The number of benzene rings is 1. The molecule has 0 N–H and O–H groups in total. The second-order valence-electron chi connectivity index (χ2n) is 3.86. The molecule has 0 saturated heterocycles. The maximum atomic E-state index is 11.4. The molecule has 100 valence electrons. The summed E-state index contributed by atoms with van der Waals surface area (Å²) in [4.78, 5) is 7.76. The van der Waals surface area contributed by atoms with Crippen LogP contribution >= 0.6 is 22.6 Å². The summed E-state index contributed by atoms with van der Waals surface area (Å²) in [6.07, 6.45) is 1.07. The van der Waals surface area contributed by atoms with Gasteiger partial charge in [0.25, 0.3) is 5.16 Å². The molecule has 0 fully saturated rings. The first-order valence-corrected chi connectivity index (χ1v) is 8.33. The zero-order valence-corrected chi connectivity index (χ0v) is 13.1. The van der Waals surface area contributed by atoms with E-state index in [1.54, 1.807) is 6.07 Å². The highest BCUT2D eigenvalue weighted by atomic mass is 127. The Hall–Kier alpha value is -1.22. The van der Waals surface area contributed by atoms with Crippen LogP contribution in [0.2, 0.25) is 0 Å². The Morgan fingerprint density at radius 3 is 2.53 bits per heavy atom. The van der Waals surface area contributed by atoms with Gasteiger partial charge in [0.1, 0.15) is 10.3 Å². The quantitative estimate of drug-likeness (QED) is 0.454. The molecular weight excluding hydrogens is 379 g/mol. The van der Waals surface area contributed by atoms with Crippen LogP contribution in [0.5, 0.6) is 5.88 Å². The minimum absolute atomic E-state index is 0.220. The van der Waals surface area contributed by atoms with Gasteiger partial charge in [-0.1, -0.05) is 30.3 Å². The van der Waals surface area contributed by atoms with Gasteiger partial charge in [0, 0.05) is 12.3 Å². The molecule has 0 bridgehead atoms. The molecule has 19 heavy (non-hydrogen) atoms. The molecule has 0 saturated carbocycles. The van der Waals surface area contributed by atoms with Crippen LogP contribution in [0.15, 0.2) is 41.6 Å². The zero-order valence-electron chi connectivity index (χ0n) is 10.1. The van der Waals surface area contributed by atoms with E-state index in [0.29, 0.717) is 10.3 Å². The van der Waals surface area contributed by atoms with E-state index in [0.717, 1.165) is 11.8 Å². The van der Waals surface area contributed by atoms with E-state index < -0.39 is 9.84 Å². The molecule has 0 amide bonds. The fourth-order valence-corrected chi connectivity index (χ4v) is 2.53. The average molecular weight is 390 g/mol. The van der Waals surface area contributed by atoms with Crippen LogP contribution in [0.3, 0.4) is 0 Å². The predicted molar refractivity (Wildman–Crippen MR) is 78.6 cm³/mol. The normalized spacial score (nSPS) is 11.3. The largest absolute Gasteiger partial charge is 0.473 e. The number of rotatable bonds is 4. The lowest BCUT2D eigenvalue weighted by Gasteiger charge is -2.06. The molecule has 0 spiro atoms. The monoisotopic (exact) mass is 390 g/mol. The van der Waals surface area contributed by atoms with Gasteiger partial charge in [-0.3, -0.25) is 0 Å². The Bertz CT molecular complexity index is 675. The van der Waals surface area contributed by atoms with E-state index in [9.17, 15) is 8.42 Å². The highest BCUT2D eigenvalue weighted by Gasteiger charge is 2.14. The first-order valence-electron chi connectivity index (χ1n) is 5.36. The smallest absolute Gasteiger partial charge is 0.251 e. The lowest BCUT2D eigenvalue weighted by molar-refractivity contribution is 0.289. The molecule has 5 nitrogen and oxygen atoms in total.